The monoisotopic (exact) mass is 342 g/mol. The summed E-state index contributed by atoms with van der Waals surface area (Å²) in [6.45, 7) is 0. The predicted molar refractivity (Wildman–Crippen MR) is 91.0 cm³/mol. The van der Waals surface area contributed by atoms with E-state index in [2.05, 4.69) is 15.4 Å². The number of amides is 2. The molecule has 0 radical (unpaired) electrons. The number of rotatable bonds is 3. The molecule has 114 valence electrons. The number of thiocarbonyl (C=S) groups is 1. The number of carbonyl (C=O) groups excluding carboxylic acids is 2. The zero-order valence-electron chi connectivity index (χ0n) is 11.7. The topological polar surface area (TPSA) is 75.2 Å². The number of carbonyl (C=O) groups is 2. The van der Waals surface area contributed by atoms with Gasteiger partial charge in [0.25, 0.3) is 11.8 Å². The third-order valence-corrected chi connectivity index (χ3v) is 4.22. The fraction of sp³-hybridized carbons (Fsp3) is 0. The summed E-state index contributed by atoms with van der Waals surface area (Å²) in [6.07, 6.45) is 6.27. The van der Waals surface area contributed by atoms with E-state index in [9.17, 15) is 9.59 Å². The van der Waals surface area contributed by atoms with Crippen LogP contribution in [0.1, 0.15) is 16.1 Å². The number of hydrogen-bond donors (Lipinski definition) is 1. The number of hydrogen-bond acceptors (Lipinski definition) is 6. The summed E-state index contributed by atoms with van der Waals surface area (Å²) in [5.41, 5.74) is 3.54. The number of thioether (sulfide) groups is 1. The Labute approximate surface area is 141 Å². The van der Waals surface area contributed by atoms with Crippen molar-refractivity contribution in [2.45, 2.75) is 0 Å². The van der Waals surface area contributed by atoms with Crippen molar-refractivity contribution in [2.24, 2.45) is 0 Å². The molecule has 1 fully saturated rings. The lowest BCUT2D eigenvalue weighted by atomic mass is 10.2. The summed E-state index contributed by atoms with van der Waals surface area (Å²) >= 11 is 6.27. The Bertz CT molecular complexity index is 794. The standard InChI is InChI=1S/C15H10N4O2S2/c20-13(10-4-7-16-8-5-10)18-19-14(21)12(23-15(19)22)9-11-3-1-2-6-17-11/h1-9H,(H,18,20)/b12-9-. The largest absolute Gasteiger partial charge is 0.285 e. The first-order valence-electron chi connectivity index (χ1n) is 6.55. The van der Waals surface area contributed by atoms with E-state index in [1.54, 1.807) is 36.5 Å². The highest BCUT2D eigenvalue weighted by Gasteiger charge is 2.33. The second kappa shape index (κ2) is 6.67. The molecule has 1 aliphatic heterocycles. The fourth-order valence-electron chi connectivity index (χ4n) is 1.83. The van der Waals surface area contributed by atoms with Crippen molar-refractivity contribution in [3.63, 3.8) is 0 Å². The highest BCUT2D eigenvalue weighted by Crippen LogP contribution is 2.31. The van der Waals surface area contributed by atoms with E-state index >= 15 is 0 Å². The Kier molecular flexibility index (Phi) is 4.45. The van der Waals surface area contributed by atoms with Crippen molar-refractivity contribution in [1.29, 1.82) is 0 Å². The van der Waals surface area contributed by atoms with E-state index in [1.165, 1.54) is 12.4 Å². The second-order valence-electron chi connectivity index (χ2n) is 4.45. The summed E-state index contributed by atoms with van der Waals surface area (Å²) in [7, 11) is 0. The third-order valence-electron chi connectivity index (χ3n) is 2.92. The first kappa shape index (κ1) is 15.3. The summed E-state index contributed by atoms with van der Waals surface area (Å²) in [4.78, 5) is 32.9. The molecule has 23 heavy (non-hydrogen) atoms. The molecule has 2 amide bonds. The SMILES string of the molecule is O=C(NN1C(=O)/C(=C/c2ccccn2)SC1=S)c1ccncc1. The van der Waals surface area contributed by atoms with E-state index in [-0.39, 0.29) is 10.2 Å². The molecule has 1 saturated heterocycles. The van der Waals surface area contributed by atoms with Crippen molar-refractivity contribution in [1.82, 2.24) is 20.4 Å². The number of pyridine rings is 2. The average Bonchev–Trinajstić information content (AvgIpc) is 2.84. The summed E-state index contributed by atoms with van der Waals surface area (Å²) in [5, 5.41) is 1.07. The van der Waals surface area contributed by atoms with Crippen LogP contribution in [0.3, 0.4) is 0 Å². The highest BCUT2D eigenvalue weighted by atomic mass is 32.2. The van der Waals surface area contributed by atoms with E-state index in [0.29, 0.717) is 16.2 Å². The van der Waals surface area contributed by atoms with Crippen LogP contribution >= 0.6 is 24.0 Å². The fourth-order valence-corrected chi connectivity index (χ4v) is 2.99. The van der Waals surface area contributed by atoms with Crippen LogP contribution in [0, 0.1) is 0 Å². The lowest BCUT2D eigenvalue weighted by Gasteiger charge is -2.15. The molecular formula is C15H10N4O2S2. The molecule has 0 aliphatic carbocycles. The molecule has 1 N–H and O–H groups in total. The average molecular weight is 342 g/mol. The number of aromatic nitrogens is 2. The number of nitrogens with zero attached hydrogens (tertiary/aromatic N) is 3. The van der Waals surface area contributed by atoms with Gasteiger partial charge in [-0.1, -0.05) is 17.8 Å². The zero-order valence-corrected chi connectivity index (χ0v) is 13.3. The van der Waals surface area contributed by atoms with Gasteiger partial charge < -0.3 is 0 Å². The molecule has 2 aromatic rings. The van der Waals surface area contributed by atoms with E-state index in [4.69, 9.17) is 12.2 Å². The van der Waals surface area contributed by atoms with Crippen molar-refractivity contribution in [3.8, 4) is 0 Å². The normalized spacial score (nSPS) is 16.0. The van der Waals surface area contributed by atoms with E-state index in [0.717, 1.165) is 16.8 Å². The number of nitrogens with one attached hydrogen (secondary N) is 1. The summed E-state index contributed by atoms with van der Waals surface area (Å²) < 4.78 is 0.264. The molecule has 3 heterocycles. The Morgan fingerprint density at radius 2 is 2.00 bits per heavy atom. The van der Waals surface area contributed by atoms with Gasteiger partial charge in [0, 0.05) is 24.2 Å². The Morgan fingerprint density at radius 1 is 1.22 bits per heavy atom. The highest BCUT2D eigenvalue weighted by molar-refractivity contribution is 8.26. The molecule has 0 atom stereocenters. The molecule has 2 aromatic heterocycles. The molecule has 0 bridgehead atoms. The zero-order chi connectivity index (χ0) is 16.2. The second-order valence-corrected chi connectivity index (χ2v) is 6.12. The van der Waals surface area contributed by atoms with E-state index < -0.39 is 5.91 Å². The van der Waals surface area contributed by atoms with Crippen molar-refractivity contribution in [3.05, 3.63) is 65.1 Å². The Morgan fingerprint density at radius 3 is 2.70 bits per heavy atom. The van der Waals surface area contributed by atoms with Gasteiger partial charge in [-0.3, -0.25) is 25.0 Å². The van der Waals surface area contributed by atoms with E-state index in [1.807, 2.05) is 6.07 Å². The Balaban J connectivity index is 1.77. The van der Waals surface area contributed by atoms with Crippen LogP contribution in [0.5, 0.6) is 0 Å². The van der Waals surface area contributed by atoms with Crippen molar-refractivity contribution in [2.75, 3.05) is 0 Å². The van der Waals surface area contributed by atoms with Gasteiger partial charge in [0.2, 0.25) is 0 Å². The summed E-state index contributed by atoms with van der Waals surface area (Å²) in [5.74, 6) is -0.809. The quantitative estimate of drug-likeness (QED) is 0.679. The molecule has 0 unspecified atom stereocenters. The van der Waals surface area contributed by atoms with Gasteiger partial charge in [-0.15, -0.1) is 0 Å². The van der Waals surface area contributed by atoms with Crippen molar-refractivity contribution >= 4 is 46.2 Å². The van der Waals surface area contributed by atoms with Gasteiger partial charge in [0.05, 0.1) is 10.6 Å². The molecule has 0 spiro atoms. The molecule has 6 nitrogen and oxygen atoms in total. The maximum absolute atomic E-state index is 12.4. The third kappa shape index (κ3) is 3.43. The van der Waals surface area contributed by atoms with Crippen LogP contribution < -0.4 is 5.43 Å². The smallest absolute Gasteiger partial charge is 0.267 e. The molecule has 0 aromatic carbocycles. The van der Waals surface area contributed by atoms with Gasteiger partial charge in [-0.2, -0.15) is 5.01 Å². The van der Waals surface area contributed by atoms with Gasteiger partial charge in [0.15, 0.2) is 4.32 Å². The lowest BCUT2D eigenvalue weighted by Crippen LogP contribution is -2.44. The molecule has 3 rings (SSSR count). The summed E-state index contributed by atoms with van der Waals surface area (Å²) in [6, 6.07) is 8.50. The lowest BCUT2D eigenvalue weighted by molar-refractivity contribution is -0.123. The van der Waals surface area contributed by atoms with Crippen LogP contribution in [0.25, 0.3) is 6.08 Å². The minimum atomic E-state index is -0.428. The first-order chi connectivity index (χ1) is 11.1. The van der Waals surface area contributed by atoms with Crippen molar-refractivity contribution < 1.29 is 9.59 Å². The minimum absolute atomic E-state index is 0.264. The molecular weight excluding hydrogens is 332 g/mol. The first-order valence-corrected chi connectivity index (χ1v) is 7.77. The molecule has 8 heteroatoms. The maximum atomic E-state index is 12.4. The van der Waals surface area contributed by atoms with Gasteiger partial charge >= 0.3 is 0 Å². The minimum Gasteiger partial charge on any atom is -0.267 e. The van der Waals surface area contributed by atoms with Crippen LogP contribution in [0.2, 0.25) is 0 Å². The predicted octanol–water partition coefficient (Wildman–Crippen LogP) is 2.02. The van der Waals surface area contributed by atoms with Crippen LogP contribution in [0.15, 0.2) is 53.8 Å². The van der Waals surface area contributed by atoms with Crippen LogP contribution in [-0.2, 0) is 4.79 Å². The van der Waals surface area contributed by atoms with Gasteiger partial charge in [-0.25, -0.2) is 0 Å². The Hall–Kier alpha value is -2.58. The van der Waals surface area contributed by atoms with Gasteiger partial charge in [0.1, 0.15) is 0 Å². The molecule has 0 saturated carbocycles. The molecule has 1 aliphatic rings. The number of hydrazine groups is 1. The maximum Gasteiger partial charge on any atom is 0.285 e. The van der Waals surface area contributed by atoms with Crippen LogP contribution in [-0.4, -0.2) is 31.1 Å². The van der Waals surface area contributed by atoms with Crippen LogP contribution in [0.4, 0.5) is 0 Å². The van der Waals surface area contributed by atoms with Gasteiger partial charge in [-0.05, 0) is 42.6 Å².